The average Bonchev–Trinajstić information content (AvgIpc) is 3.04. The van der Waals surface area contributed by atoms with Gasteiger partial charge in [0, 0.05) is 5.57 Å². The number of phenols is 1. The molecule has 0 aromatic heterocycles. The van der Waals surface area contributed by atoms with Crippen molar-refractivity contribution in [2.24, 2.45) is 0 Å². The highest BCUT2D eigenvalue weighted by Gasteiger charge is 2.44. The Labute approximate surface area is 188 Å². The number of hydrogen-bond acceptors (Lipinski definition) is 5. The van der Waals surface area contributed by atoms with Crippen LogP contribution in [0.2, 0.25) is 0 Å². The summed E-state index contributed by atoms with van der Waals surface area (Å²) < 4.78 is 5.26. The minimum absolute atomic E-state index is 0.0557. The molecule has 0 aliphatic carbocycles. The number of nitrogens with zero attached hydrogens (tertiary/aromatic N) is 1. The van der Waals surface area contributed by atoms with Crippen molar-refractivity contribution in [2.75, 3.05) is 33.3 Å². The molecule has 1 aliphatic heterocycles. The summed E-state index contributed by atoms with van der Waals surface area (Å²) in [5.41, 5.74) is 1.66. The lowest BCUT2D eigenvalue weighted by Crippen LogP contribution is -3.12. The van der Waals surface area contributed by atoms with E-state index < -0.39 is 23.5 Å². The van der Waals surface area contributed by atoms with Crippen LogP contribution in [0.15, 0.2) is 48.0 Å². The second-order valence-electron chi connectivity index (χ2n) is 7.96. The first-order valence-corrected chi connectivity index (χ1v) is 10.9. The molecular formula is C25H30N2O5. The van der Waals surface area contributed by atoms with Crippen LogP contribution in [0.25, 0.3) is 5.76 Å². The number of hydrogen-bond donors (Lipinski definition) is 2. The minimum Gasteiger partial charge on any atom is -0.872 e. The molecule has 0 spiro atoms. The van der Waals surface area contributed by atoms with Crippen molar-refractivity contribution in [2.45, 2.75) is 26.8 Å². The van der Waals surface area contributed by atoms with E-state index in [0.29, 0.717) is 30.0 Å². The van der Waals surface area contributed by atoms with Crippen molar-refractivity contribution in [3.05, 3.63) is 64.7 Å². The summed E-state index contributed by atoms with van der Waals surface area (Å²) >= 11 is 0. The summed E-state index contributed by atoms with van der Waals surface area (Å²) in [5, 5.41) is 23.2. The Kier molecular flexibility index (Phi) is 7.20. The third-order valence-corrected chi connectivity index (χ3v) is 6.10. The zero-order valence-corrected chi connectivity index (χ0v) is 19.0. The summed E-state index contributed by atoms with van der Waals surface area (Å²) in [5.74, 6) is -1.19. The lowest BCUT2D eigenvalue weighted by Gasteiger charge is -2.28. The van der Waals surface area contributed by atoms with Crippen LogP contribution in [0.3, 0.4) is 0 Å². The quantitative estimate of drug-likeness (QED) is 0.362. The molecule has 1 aliphatic rings. The van der Waals surface area contributed by atoms with E-state index in [9.17, 15) is 19.8 Å². The number of carbonyl (C=O) groups excluding carboxylic acids is 2. The van der Waals surface area contributed by atoms with Crippen LogP contribution in [0.5, 0.6) is 11.5 Å². The molecule has 32 heavy (non-hydrogen) atoms. The zero-order chi connectivity index (χ0) is 23.4. The number of benzene rings is 2. The van der Waals surface area contributed by atoms with E-state index >= 15 is 0 Å². The van der Waals surface area contributed by atoms with Gasteiger partial charge in [-0.2, -0.15) is 0 Å². The number of ketones is 1. The Balaban J connectivity index is 2.10. The van der Waals surface area contributed by atoms with Crippen molar-refractivity contribution < 1.29 is 29.4 Å². The first-order chi connectivity index (χ1) is 15.3. The van der Waals surface area contributed by atoms with Crippen molar-refractivity contribution in [1.82, 2.24) is 4.90 Å². The summed E-state index contributed by atoms with van der Waals surface area (Å²) in [6.45, 7) is 8.78. The SMILES string of the molecule is CC[NH+](CC)CCN1C(=O)C(=O)C(=C([O-])c2ccc(OC)c(C)c2)C1c1ccc(O)cc1. The van der Waals surface area contributed by atoms with Gasteiger partial charge >= 0.3 is 0 Å². The summed E-state index contributed by atoms with van der Waals surface area (Å²) in [7, 11) is 1.55. The highest BCUT2D eigenvalue weighted by atomic mass is 16.5. The Morgan fingerprint density at radius 1 is 1.12 bits per heavy atom. The maximum absolute atomic E-state index is 13.5. The third-order valence-electron chi connectivity index (χ3n) is 6.10. The number of Topliss-reactive ketones (excluding diaryl/α,β-unsaturated/α-hetero) is 1. The van der Waals surface area contributed by atoms with Crippen LogP contribution in [-0.2, 0) is 9.59 Å². The van der Waals surface area contributed by atoms with E-state index in [4.69, 9.17) is 4.74 Å². The molecule has 0 radical (unpaired) electrons. The van der Waals surface area contributed by atoms with Gasteiger partial charge in [0.15, 0.2) is 0 Å². The van der Waals surface area contributed by atoms with Gasteiger partial charge in [0.2, 0.25) is 5.78 Å². The standard InChI is InChI=1S/C25H30N2O5/c1-5-26(6-2)13-14-27-22(17-7-10-19(28)11-8-17)21(24(30)25(27)31)23(29)18-9-12-20(32-4)16(3)15-18/h7-12,15,22,28-29H,5-6,13-14H2,1-4H3. The lowest BCUT2D eigenvalue weighted by atomic mass is 9.94. The maximum atomic E-state index is 13.5. The smallest absolute Gasteiger partial charge is 0.295 e. The fourth-order valence-corrected chi connectivity index (χ4v) is 4.16. The molecule has 1 atom stereocenters. The highest BCUT2D eigenvalue weighted by molar-refractivity contribution is 6.46. The number of aromatic hydroxyl groups is 1. The summed E-state index contributed by atoms with van der Waals surface area (Å²) in [6, 6.07) is 10.5. The first kappa shape index (κ1) is 23.3. The van der Waals surface area contributed by atoms with E-state index in [1.165, 1.54) is 21.9 Å². The van der Waals surface area contributed by atoms with Gasteiger partial charge < -0.3 is 24.7 Å². The number of ether oxygens (including phenoxy) is 1. The van der Waals surface area contributed by atoms with E-state index in [2.05, 4.69) is 13.8 Å². The number of carbonyl (C=O) groups is 2. The van der Waals surface area contributed by atoms with Gasteiger partial charge in [0.05, 0.1) is 39.3 Å². The monoisotopic (exact) mass is 438 g/mol. The molecule has 0 bridgehead atoms. The molecule has 1 saturated heterocycles. The van der Waals surface area contributed by atoms with Gasteiger partial charge in [-0.1, -0.05) is 24.0 Å². The Morgan fingerprint density at radius 2 is 1.78 bits per heavy atom. The van der Waals surface area contributed by atoms with Crippen molar-refractivity contribution >= 4 is 17.4 Å². The molecule has 1 unspecified atom stereocenters. The Bertz CT molecular complexity index is 1030. The molecule has 3 rings (SSSR count). The second-order valence-corrected chi connectivity index (χ2v) is 7.96. The van der Waals surface area contributed by atoms with Crippen LogP contribution < -0.4 is 14.7 Å². The fourth-order valence-electron chi connectivity index (χ4n) is 4.16. The number of methoxy groups -OCH3 is 1. The number of amides is 1. The van der Waals surface area contributed by atoms with Crippen LogP contribution in [0.4, 0.5) is 0 Å². The number of aryl methyl sites for hydroxylation is 1. The second kappa shape index (κ2) is 9.87. The number of rotatable bonds is 8. The molecule has 7 heteroatoms. The van der Waals surface area contributed by atoms with Crippen molar-refractivity contribution in [1.29, 1.82) is 0 Å². The van der Waals surface area contributed by atoms with Gasteiger partial charge in [0.1, 0.15) is 11.5 Å². The number of nitrogens with one attached hydrogen (secondary N) is 1. The Morgan fingerprint density at radius 3 is 2.34 bits per heavy atom. The van der Waals surface area contributed by atoms with Crippen LogP contribution in [0, 0.1) is 6.92 Å². The van der Waals surface area contributed by atoms with Gasteiger partial charge in [0.25, 0.3) is 5.91 Å². The molecule has 2 aromatic carbocycles. The molecule has 7 nitrogen and oxygen atoms in total. The molecule has 0 saturated carbocycles. The van der Waals surface area contributed by atoms with E-state index in [-0.39, 0.29) is 11.3 Å². The number of phenolic OH excluding ortho intramolecular Hbond substituents is 1. The third kappa shape index (κ3) is 4.48. The Hall–Kier alpha value is -3.32. The number of quaternary nitrogens is 1. The van der Waals surface area contributed by atoms with Crippen LogP contribution >= 0.6 is 0 Å². The van der Waals surface area contributed by atoms with Gasteiger partial charge in [-0.15, -0.1) is 0 Å². The van der Waals surface area contributed by atoms with Crippen LogP contribution in [-0.4, -0.2) is 55.0 Å². The van der Waals surface area contributed by atoms with Gasteiger partial charge in [-0.25, -0.2) is 0 Å². The average molecular weight is 439 g/mol. The molecule has 170 valence electrons. The van der Waals surface area contributed by atoms with Gasteiger partial charge in [-0.05, 0) is 61.7 Å². The maximum Gasteiger partial charge on any atom is 0.295 e. The molecular weight excluding hydrogens is 408 g/mol. The van der Waals surface area contributed by atoms with E-state index in [1.807, 2.05) is 6.92 Å². The molecule has 1 amide bonds. The minimum atomic E-state index is -0.791. The van der Waals surface area contributed by atoms with Gasteiger partial charge in [-0.3, -0.25) is 9.59 Å². The lowest BCUT2D eigenvalue weighted by molar-refractivity contribution is -0.895. The number of likely N-dealkylation sites (tertiary alicyclic amines) is 1. The largest absolute Gasteiger partial charge is 0.872 e. The van der Waals surface area contributed by atoms with Crippen LogP contribution in [0.1, 0.15) is 36.6 Å². The first-order valence-electron chi connectivity index (χ1n) is 10.9. The molecule has 1 fully saturated rings. The molecule has 2 N–H and O–H groups in total. The summed E-state index contributed by atoms with van der Waals surface area (Å²) in [6.07, 6.45) is 0. The topological polar surface area (TPSA) is 94.3 Å². The fraction of sp³-hybridized carbons (Fsp3) is 0.360. The highest BCUT2D eigenvalue weighted by Crippen LogP contribution is 2.39. The normalized spacial score (nSPS) is 17.9. The predicted molar refractivity (Wildman–Crippen MR) is 119 cm³/mol. The predicted octanol–water partition coefficient (Wildman–Crippen LogP) is 0.858. The zero-order valence-electron chi connectivity index (χ0n) is 19.0. The number of likely N-dealkylation sites (N-methyl/N-ethyl adjacent to an activating group) is 1. The van der Waals surface area contributed by atoms with E-state index in [1.54, 1.807) is 37.4 Å². The molecule has 2 aromatic rings. The van der Waals surface area contributed by atoms with E-state index in [0.717, 1.165) is 18.7 Å². The molecule has 1 heterocycles. The summed E-state index contributed by atoms with van der Waals surface area (Å²) in [4.78, 5) is 28.8. The van der Waals surface area contributed by atoms with Crippen molar-refractivity contribution in [3.63, 3.8) is 0 Å². The van der Waals surface area contributed by atoms with Crippen molar-refractivity contribution in [3.8, 4) is 11.5 Å².